The molecule has 0 saturated carbocycles. The molecule has 1 aromatic rings. The van der Waals surface area contributed by atoms with Crippen molar-refractivity contribution in [1.82, 2.24) is 4.90 Å². The average molecular weight is 285 g/mol. The van der Waals surface area contributed by atoms with Crippen molar-refractivity contribution in [3.63, 3.8) is 0 Å². The van der Waals surface area contributed by atoms with Gasteiger partial charge in [0.05, 0.1) is 7.11 Å². The summed E-state index contributed by atoms with van der Waals surface area (Å²) in [4.78, 5) is 14.2. The predicted molar refractivity (Wildman–Crippen MR) is 77.9 cm³/mol. The van der Waals surface area contributed by atoms with Crippen LogP contribution in [0.5, 0.6) is 5.75 Å². The van der Waals surface area contributed by atoms with Crippen LogP contribution >= 0.6 is 12.4 Å². The second-order valence-electron chi connectivity index (χ2n) is 4.89. The van der Waals surface area contributed by atoms with Crippen LogP contribution < -0.4 is 10.5 Å². The Morgan fingerprint density at radius 2 is 2.26 bits per heavy atom. The van der Waals surface area contributed by atoms with E-state index >= 15 is 0 Å². The van der Waals surface area contributed by atoms with Gasteiger partial charge in [0, 0.05) is 24.7 Å². The number of methoxy groups -OCH3 is 1. The Hall–Kier alpha value is -1.26. The predicted octanol–water partition coefficient (Wildman–Crippen LogP) is 1.93. The van der Waals surface area contributed by atoms with E-state index in [1.165, 1.54) is 0 Å². The number of nitrogens with zero attached hydrogens (tertiary/aromatic N) is 1. The van der Waals surface area contributed by atoms with E-state index < -0.39 is 0 Å². The van der Waals surface area contributed by atoms with E-state index in [-0.39, 0.29) is 24.4 Å². The SMILES string of the molecule is COc1cccc(C(=O)N2CCC(C(C)N)C2)c1.Cl. The van der Waals surface area contributed by atoms with Crippen molar-refractivity contribution in [1.29, 1.82) is 0 Å². The summed E-state index contributed by atoms with van der Waals surface area (Å²) in [7, 11) is 1.60. The molecule has 2 atom stereocenters. The number of ether oxygens (including phenoxy) is 1. The second-order valence-corrected chi connectivity index (χ2v) is 4.89. The maximum Gasteiger partial charge on any atom is 0.253 e. The van der Waals surface area contributed by atoms with Gasteiger partial charge in [0.2, 0.25) is 0 Å². The fraction of sp³-hybridized carbons (Fsp3) is 0.500. The number of carbonyl (C=O) groups is 1. The van der Waals surface area contributed by atoms with Crippen LogP contribution in [0.2, 0.25) is 0 Å². The van der Waals surface area contributed by atoms with E-state index in [1.807, 2.05) is 30.0 Å². The van der Waals surface area contributed by atoms with Crippen LogP contribution in [-0.2, 0) is 0 Å². The Kier molecular flexibility index (Phi) is 5.63. The molecule has 2 N–H and O–H groups in total. The van der Waals surface area contributed by atoms with E-state index in [4.69, 9.17) is 10.5 Å². The van der Waals surface area contributed by atoms with Crippen LogP contribution in [0.25, 0.3) is 0 Å². The first-order valence-corrected chi connectivity index (χ1v) is 6.30. The van der Waals surface area contributed by atoms with Gasteiger partial charge in [0.1, 0.15) is 5.75 Å². The zero-order valence-electron chi connectivity index (χ0n) is 11.3. The third-order valence-electron chi connectivity index (χ3n) is 3.57. The lowest BCUT2D eigenvalue weighted by molar-refractivity contribution is 0.0785. The standard InChI is InChI=1S/C14H20N2O2.ClH/c1-10(15)12-6-7-16(9-12)14(17)11-4-3-5-13(8-11)18-2;/h3-5,8,10,12H,6-7,9,15H2,1-2H3;1H. The zero-order valence-corrected chi connectivity index (χ0v) is 12.2. The summed E-state index contributed by atoms with van der Waals surface area (Å²) in [6.45, 7) is 3.56. The molecule has 0 aromatic heterocycles. The number of hydrogen-bond donors (Lipinski definition) is 1. The van der Waals surface area contributed by atoms with E-state index in [2.05, 4.69) is 0 Å². The van der Waals surface area contributed by atoms with Crippen molar-refractivity contribution in [2.24, 2.45) is 11.7 Å². The van der Waals surface area contributed by atoms with Gasteiger partial charge in [0.15, 0.2) is 0 Å². The Morgan fingerprint density at radius 1 is 1.53 bits per heavy atom. The number of carbonyl (C=O) groups excluding carboxylic acids is 1. The van der Waals surface area contributed by atoms with Crippen LogP contribution in [0.4, 0.5) is 0 Å². The third-order valence-corrected chi connectivity index (χ3v) is 3.57. The molecule has 5 heteroatoms. The van der Waals surface area contributed by atoms with Gasteiger partial charge in [-0.2, -0.15) is 0 Å². The summed E-state index contributed by atoms with van der Waals surface area (Å²) < 4.78 is 5.14. The summed E-state index contributed by atoms with van der Waals surface area (Å²) in [6, 6.07) is 7.43. The van der Waals surface area contributed by atoms with Crippen molar-refractivity contribution in [2.75, 3.05) is 20.2 Å². The largest absolute Gasteiger partial charge is 0.497 e. The van der Waals surface area contributed by atoms with E-state index in [0.29, 0.717) is 17.2 Å². The van der Waals surface area contributed by atoms with Gasteiger partial charge in [-0.05, 0) is 37.5 Å². The van der Waals surface area contributed by atoms with Gasteiger partial charge in [-0.25, -0.2) is 0 Å². The molecule has 1 heterocycles. The van der Waals surface area contributed by atoms with Crippen molar-refractivity contribution in [2.45, 2.75) is 19.4 Å². The lowest BCUT2D eigenvalue weighted by Crippen LogP contribution is -2.32. The summed E-state index contributed by atoms with van der Waals surface area (Å²) in [5.74, 6) is 1.19. The normalized spacial score (nSPS) is 19.7. The molecule has 1 amide bonds. The number of hydrogen-bond acceptors (Lipinski definition) is 3. The molecule has 106 valence electrons. The monoisotopic (exact) mass is 284 g/mol. The first-order chi connectivity index (χ1) is 8.61. The van der Waals surface area contributed by atoms with E-state index in [0.717, 1.165) is 19.5 Å². The number of likely N-dealkylation sites (tertiary alicyclic amines) is 1. The molecule has 0 bridgehead atoms. The Morgan fingerprint density at radius 3 is 2.84 bits per heavy atom. The molecule has 1 aliphatic rings. The molecular formula is C14H21ClN2O2. The molecule has 19 heavy (non-hydrogen) atoms. The first kappa shape index (κ1) is 15.8. The molecule has 1 saturated heterocycles. The van der Waals surface area contributed by atoms with Crippen molar-refractivity contribution >= 4 is 18.3 Å². The molecule has 4 nitrogen and oxygen atoms in total. The highest BCUT2D eigenvalue weighted by molar-refractivity contribution is 5.94. The van der Waals surface area contributed by atoms with Gasteiger partial charge >= 0.3 is 0 Å². The number of nitrogens with two attached hydrogens (primary N) is 1. The van der Waals surface area contributed by atoms with Gasteiger partial charge in [-0.15, -0.1) is 12.4 Å². The van der Waals surface area contributed by atoms with Gasteiger partial charge in [-0.3, -0.25) is 4.79 Å². The number of benzene rings is 1. The molecule has 2 rings (SSSR count). The third kappa shape index (κ3) is 3.61. The lowest BCUT2D eigenvalue weighted by Gasteiger charge is -2.18. The smallest absolute Gasteiger partial charge is 0.253 e. The highest BCUT2D eigenvalue weighted by atomic mass is 35.5. The highest BCUT2D eigenvalue weighted by Crippen LogP contribution is 2.22. The Labute approximate surface area is 120 Å². The van der Waals surface area contributed by atoms with Crippen molar-refractivity contribution in [3.8, 4) is 5.75 Å². The van der Waals surface area contributed by atoms with Crippen LogP contribution in [-0.4, -0.2) is 37.0 Å². The summed E-state index contributed by atoms with van der Waals surface area (Å²) in [5, 5.41) is 0. The minimum absolute atomic E-state index is 0. The molecule has 1 fully saturated rings. The van der Waals surface area contributed by atoms with E-state index in [9.17, 15) is 4.79 Å². The number of halogens is 1. The fourth-order valence-corrected chi connectivity index (χ4v) is 2.34. The summed E-state index contributed by atoms with van der Waals surface area (Å²) in [5.41, 5.74) is 6.57. The molecule has 0 spiro atoms. The van der Waals surface area contributed by atoms with Gasteiger partial charge in [0.25, 0.3) is 5.91 Å². The van der Waals surface area contributed by atoms with Crippen molar-refractivity contribution in [3.05, 3.63) is 29.8 Å². The molecule has 2 unspecified atom stereocenters. The highest BCUT2D eigenvalue weighted by Gasteiger charge is 2.28. The van der Waals surface area contributed by atoms with Crippen molar-refractivity contribution < 1.29 is 9.53 Å². The van der Waals surface area contributed by atoms with Crippen LogP contribution in [0.15, 0.2) is 24.3 Å². The van der Waals surface area contributed by atoms with E-state index in [1.54, 1.807) is 13.2 Å². The quantitative estimate of drug-likeness (QED) is 0.923. The number of rotatable bonds is 3. The first-order valence-electron chi connectivity index (χ1n) is 6.30. The molecular weight excluding hydrogens is 264 g/mol. The maximum absolute atomic E-state index is 12.3. The summed E-state index contributed by atoms with van der Waals surface area (Å²) in [6.07, 6.45) is 0.993. The zero-order chi connectivity index (χ0) is 13.1. The van der Waals surface area contributed by atoms with Gasteiger partial charge < -0.3 is 15.4 Å². The number of amides is 1. The lowest BCUT2D eigenvalue weighted by atomic mass is 10.0. The molecule has 1 aromatic carbocycles. The van der Waals surface area contributed by atoms with Crippen LogP contribution in [0.1, 0.15) is 23.7 Å². The molecule has 0 radical (unpaired) electrons. The maximum atomic E-state index is 12.3. The minimum Gasteiger partial charge on any atom is -0.497 e. The topological polar surface area (TPSA) is 55.6 Å². The van der Waals surface area contributed by atoms with Gasteiger partial charge in [-0.1, -0.05) is 6.07 Å². The molecule has 0 aliphatic carbocycles. The van der Waals surface area contributed by atoms with Crippen LogP contribution in [0, 0.1) is 5.92 Å². The second kappa shape index (κ2) is 6.78. The average Bonchev–Trinajstić information content (AvgIpc) is 2.87. The Bertz CT molecular complexity index is 437. The minimum atomic E-state index is 0. The van der Waals surface area contributed by atoms with Crippen LogP contribution in [0.3, 0.4) is 0 Å². The Balaban J connectivity index is 0.00000180. The summed E-state index contributed by atoms with van der Waals surface area (Å²) >= 11 is 0. The fourth-order valence-electron chi connectivity index (χ4n) is 2.34. The molecule has 1 aliphatic heterocycles.